The zero-order valence-electron chi connectivity index (χ0n) is 14.2. The Balaban J connectivity index is 1.84. The van der Waals surface area contributed by atoms with E-state index in [1.807, 2.05) is 30.3 Å². The van der Waals surface area contributed by atoms with Gasteiger partial charge >= 0.3 is 5.97 Å². The number of carbonyl (C=O) groups excluding carboxylic acids is 1. The molecule has 5 nitrogen and oxygen atoms in total. The van der Waals surface area contributed by atoms with Gasteiger partial charge < -0.3 is 15.3 Å². The molecule has 0 radical (unpaired) electrons. The molecule has 1 fully saturated rings. The van der Waals surface area contributed by atoms with E-state index in [1.54, 1.807) is 0 Å². The molecule has 1 aliphatic rings. The molecule has 1 atom stereocenters. The Morgan fingerprint density at radius 3 is 2.29 bits per heavy atom. The van der Waals surface area contributed by atoms with Crippen LogP contribution in [0.25, 0.3) is 0 Å². The molecule has 1 aliphatic heterocycles. The highest BCUT2D eigenvalue weighted by Gasteiger charge is 2.18. The van der Waals surface area contributed by atoms with Gasteiger partial charge in [0.25, 0.3) is 0 Å². The van der Waals surface area contributed by atoms with Crippen LogP contribution in [0.3, 0.4) is 0 Å². The summed E-state index contributed by atoms with van der Waals surface area (Å²) in [5.74, 6) is -0.986. The Morgan fingerprint density at radius 2 is 1.67 bits per heavy atom. The molecule has 0 bridgehead atoms. The summed E-state index contributed by atoms with van der Waals surface area (Å²) < 4.78 is 0. The van der Waals surface area contributed by atoms with Gasteiger partial charge in [0, 0.05) is 13.0 Å². The highest BCUT2D eigenvalue weighted by Crippen LogP contribution is 2.17. The summed E-state index contributed by atoms with van der Waals surface area (Å²) in [5, 5.41) is 12.0. The van der Waals surface area contributed by atoms with E-state index in [9.17, 15) is 9.59 Å². The number of carbonyl (C=O) groups is 2. The third-order valence-corrected chi connectivity index (χ3v) is 4.52. The van der Waals surface area contributed by atoms with Crippen LogP contribution in [0.4, 0.5) is 0 Å². The Morgan fingerprint density at radius 1 is 1.04 bits per heavy atom. The van der Waals surface area contributed by atoms with Gasteiger partial charge in [0.1, 0.15) is 0 Å². The smallest absolute Gasteiger partial charge is 0.305 e. The van der Waals surface area contributed by atoms with Gasteiger partial charge in [-0.15, -0.1) is 0 Å². The fourth-order valence-corrected chi connectivity index (χ4v) is 3.17. The van der Waals surface area contributed by atoms with Crippen molar-refractivity contribution >= 4 is 11.9 Å². The Kier molecular flexibility index (Phi) is 7.75. The number of rotatable bonds is 7. The zero-order valence-corrected chi connectivity index (χ0v) is 14.2. The van der Waals surface area contributed by atoms with Gasteiger partial charge in [0.2, 0.25) is 5.91 Å². The summed E-state index contributed by atoms with van der Waals surface area (Å²) in [6.45, 7) is 2.87. The highest BCUT2D eigenvalue weighted by molar-refractivity contribution is 5.77. The van der Waals surface area contributed by atoms with Crippen molar-refractivity contribution < 1.29 is 14.7 Å². The van der Waals surface area contributed by atoms with Crippen molar-refractivity contribution in [3.05, 3.63) is 35.9 Å². The standard InChI is InChI=1S/C19H28N2O3/c22-18(11-14-21-12-7-2-1-3-8-13-21)20-17(15-19(23)24)16-9-5-4-6-10-16/h4-6,9-10,17H,1-3,7-8,11-15H2,(H,20,22)(H,23,24)/t17-/m1/s1. The number of carboxylic acid groups (broad SMARTS) is 1. The summed E-state index contributed by atoms with van der Waals surface area (Å²) in [7, 11) is 0. The van der Waals surface area contributed by atoms with Gasteiger partial charge in [-0.3, -0.25) is 9.59 Å². The van der Waals surface area contributed by atoms with Crippen molar-refractivity contribution in [3.8, 4) is 0 Å². The minimum absolute atomic E-state index is 0.0767. The van der Waals surface area contributed by atoms with Crippen LogP contribution < -0.4 is 5.32 Å². The van der Waals surface area contributed by atoms with Gasteiger partial charge in [0.15, 0.2) is 0 Å². The molecule has 1 amide bonds. The van der Waals surface area contributed by atoms with Crippen LogP contribution in [0.1, 0.15) is 56.6 Å². The third kappa shape index (κ3) is 6.71. The molecule has 24 heavy (non-hydrogen) atoms. The van der Waals surface area contributed by atoms with Gasteiger partial charge in [-0.25, -0.2) is 0 Å². The Labute approximate surface area is 144 Å². The molecular formula is C19H28N2O3. The zero-order chi connectivity index (χ0) is 17.2. The molecule has 2 N–H and O–H groups in total. The highest BCUT2D eigenvalue weighted by atomic mass is 16.4. The van der Waals surface area contributed by atoms with Gasteiger partial charge in [0.05, 0.1) is 12.5 Å². The van der Waals surface area contributed by atoms with Crippen molar-refractivity contribution in [3.63, 3.8) is 0 Å². The molecule has 5 heteroatoms. The first-order valence-electron chi connectivity index (χ1n) is 8.93. The second-order valence-corrected chi connectivity index (χ2v) is 6.49. The lowest BCUT2D eigenvalue weighted by Crippen LogP contribution is -2.35. The van der Waals surface area contributed by atoms with E-state index in [4.69, 9.17) is 5.11 Å². The monoisotopic (exact) mass is 332 g/mol. The van der Waals surface area contributed by atoms with Crippen molar-refractivity contribution in [2.45, 2.75) is 51.0 Å². The molecule has 0 unspecified atom stereocenters. The maximum absolute atomic E-state index is 12.3. The lowest BCUT2D eigenvalue weighted by atomic mass is 10.0. The number of benzene rings is 1. The van der Waals surface area contributed by atoms with E-state index < -0.39 is 12.0 Å². The van der Waals surface area contributed by atoms with E-state index >= 15 is 0 Å². The second-order valence-electron chi connectivity index (χ2n) is 6.49. The molecule has 1 aromatic rings. The van der Waals surface area contributed by atoms with Crippen LogP contribution >= 0.6 is 0 Å². The summed E-state index contributed by atoms with van der Waals surface area (Å²) in [6, 6.07) is 8.83. The average molecular weight is 332 g/mol. The summed E-state index contributed by atoms with van der Waals surface area (Å²) in [6.07, 6.45) is 6.60. The van der Waals surface area contributed by atoms with Gasteiger partial charge in [-0.1, -0.05) is 49.6 Å². The lowest BCUT2D eigenvalue weighted by Gasteiger charge is -2.24. The first kappa shape index (κ1) is 18.5. The summed E-state index contributed by atoms with van der Waals surface area (Å²) in [4.78, 5) is 25.7. The van der Waals surface area contributed by atoms with Gasteiger partial charge in [-0.05, 0) is 31.5 Å². The normalized spacial score (nSPS) is 17.5. The van der Waals surface area contributed by atoms with E-state index in [0.717, 1.165) is 25.2 Å². The van der Waals surface area contributed by atoms with Gasteiger partial charge in [-0.2, -0.15) is 0 Å². The van der Waals surface area contributed by atoms with E-state index in [0.29, 0.717) is 6.42 Å². The predicted molar refractivity (Wildman–Crippen MR) is 93.7 cm³/mol. The number of hydrogen-bond donors (Lipinski definition) is 2. The first-order valence-corrected chi connectivity index (χ1v) is 8.93. The molecule has 132 valence electrons. The second kappa shape index (κ2) is 10.1. The maximum atomic E-state index is 12.3. The minimum Gasteiger partial charge on any atom is -0.481 e. The molecule has 0 saturated carbocycles. The SMILES string of the molecule is O=C(O)C[C@@H](NC(=O)CCN1CCCCCCC1)c1ccccc1. The molecule has 0 aromatic heterocycles. The van der Waals surface area contributed by atoms with Crippen LogP contribution in [0.5, 0.6) is 0 Å². The fourth-order valence-electron chi connectivity index (χ4n) is 3.17. The molecular weight excluding hydrogens is 304 g/mol. The summed E-state index contributed by atoms with van der Waals surface area (Å²) in [5.41, 5.74) is 0.833. The number of hydrogen-bond acceptors (Lipinski definition) is 3. The van der Waals surface area contributed by atoms with Crippen molar-refractivity contribution in [2.75, 3.05) is 19.6 Å². The van der Waals surface area contributed by atoms with Crippen LogP contribution in [-0.4, -0.2) is 41.5 Å². The maximum Gasteiger partial charge on any atom is 0.305 e. The average Bonchev–Trinajstić information content (AvgIpc) is 2.53. The van der Waals surface area contributed by atoms with Crippen molar-refractivity contribution in [1.29, 1.82) is 0 Å². The fraction of sp³-hybridized carbons (Fsp3) is 0.579. The van der Waals surface area contributed by atoms with E-state index in [1.165, 1.54) is 32.1 Å². The van der Waals surface area contributed by atoms with Crippen molar-refractivity contribution in [2.24, 2.45) is 0 Å². The molecule has 1 aromatic carbocycles. The van der Waals surface area contributed by atoms with E-state index in [2.05, 4.69) is 10.2 Å². The largest absolute Gasteiger partial charge is 0.481 e. The minimum atomic E-state index is -0.909. The third-order valence-electron chi connectivity index (χ3n) is 4.52. The molecule has 0 aliphatic carbocycles. The van der Waals surface area contributed by atoms with Crippen LogP contribution in [0.15, 0.2) is 30.3 Å². The first-order chi connectivity index (χ1) is 11.6. The number of amides is 1. The number of nitrogens with one attached hydrogen (secondary N) is 1. The van der Waals surface area contributed by atoms with Crippen LogP contribution in [-0.2, 0) is 9.59 Å². The van der Waals surface area contributed by atoms with Crippen LogP contribution in [0, 0.1) is 0 Å². The molecule has 1 saturated heterocycles. The number of likely N-dealkylation sites (tertiary alicyclic amines) is 1. The predicted octanol–water partition coefficient (Wildman–Crippen LogP) is 2.97. The Bertz CT molecular complexity index is 511. The quantitative estimate of drug-likeness (QED) is 0.805. The van der Waals surface area contributed by atoms with E-state index in [-0.39, 0.29) is 12.3 Å². The summed E-state index contributed by atoms with van der Waals surface area (Å²) >= 11 is 0. The number of aliphatic carboxylic acids is 1. The Hall–Kier alpha value is -1.88. The van der Waals surface area contributed by atoms with Crippen molar-refractivity contribution in [1.82, 2.24) is 10.2 Å². The topological polar surface area (TPSA) is 69.6 Å². The molecule has 0 spiro atoms. The molecule has 1 heterocycles. The number of nitrogens with zero attached hydrogens (tertiary/aromatic N) is 1. The lowest BCUT2D eigenvalue weighted by molar-refractivity contribution is -0.137. The van der Waals surface area contributed by atoms with Crippen LogP contribution in [0.2, 0.25) is 0 Å². The number of carboxylic acids is 1. The molecule has 2 rings (SSSR count).